The maximum absolute atomic E-state index is 11.6. The lowest BCUT2D eigenvalue weighted by molar-refractivity contribution is 0.0695. The average Bonchev–Trinajstić information content (AvgIpc) is 2.77. The summed E-state index contributed by atoms with van der Waals surface area (Å²) in [5, 5.41) is 11.2. The molecular weight excluding hydrogens is 222 g/mol. The van der Waals surface area contributed by atoms with Gasteiger partial charge in [0.1, 0.15) is 6.26 Å². The third-order valence-corrected chi connectivity index (χ3v) is 2.15. The molecule has 0 spiro atoms. The van der Waals surface area contributed by atoms with Crippen molar-refractivity contribution in [3.8, 4) is 12.3 Å². The van der Waals surface area contributed by atoms with Gasteiger partial charge in [-0.15, -0.1) is 6.42 Å². The molecule has 0 saturated carbocycles. The van der Waals surface area contributed by atoms with Gasteiger partial charge in [-0.25, -0.2) is 4.79 Å². The van der Waals surface area contributed by atoms with E-state index < -0.39 is 11.9 Å². The monoisotopic (exact) mass is 235 g/mol. The number of carboxylic acid groups (broad SMARTS) is 1. The van der Waals surface area contributed by atoms with Crippen molar-refractivity contribution in [3.05, 3.63) is 23.7 Å². The van der Waals surface area contributed by atoms with Crippen LogP contribution in [0.25, 0.3) is 0 Å². The molecule has 0 aliphatic heterocycles. The van der Waals surface area contributed by atoms with Crippen molar-refractivity contribution in [1.82, 2.24) is 5.32 Å². The maximum Gasteiger partial charge on any atom is 0.338 e. The smallest absolute Gasteiger partial charge is 0.338 e. The second kappa shape index (κ2) is 5.75. The Kier molecular flexibility index (Phi) is 4.35. The molecule has 1 atom stereocenters. The second-order valence-corrected chi connectivity index (χ2v) is 3.49. The average molecular weight is 235 g/mol. The highest BCUT2D eigenvalue weighted by Crippen LogP contribution is 2.08. The number of aromatic carboxylic acids is 1. The summed E-state index contributed by atoms with van der Waals surface area (Å²) in [7, 11) is 0. The van der Waals surface area contributed by atoms with Crippen LogP contribution >= 0.6 is 0 Å². The van der Waals surface area contributed by atoms with E-state index in [4.69, 9.17) is 15.9 Å². The standard InChI is InChI=1S/C12H13NO4/c1-3-5-9(4-2)13-11(14)10-6-8(7-17-10)12(15)16/h2,6-7,9H,3,5H2,1H3,(H,13,14)(H,15,16). The van der Waals surface area contributed by atoms with Gasteiger partial charge in [0.2, 0.25) is 0 Å². The highest BCUT2D eigenvalue weighted by atomic mass is 16.4. The van der Waals surface area contributed by atoms with E-state index in [0.29, 0.717) is 6.42 Å². The van der Waals surface area contributed by atoms with E-state index in [9.17, 15) is 9.59 Å². The van der Waals surface area contributed by atoms with Crippen molar-refractivity contribution in [1.29, 1.82) is 0 Å². The minimum absolute atomic E-state index is 0.0567. The van der Waals surface area contributed by atoms with E-state index in [1.54, 1.807) is 0 Å². The number of terminal acetylenes is 1. The number of carbonyl (C=O) groups excluding carboxylic acids is 1. The van der Waals surface area contributed by atoms with Crippen LogP contribution in [0, 0.1) is 12.3 Å². The van der Waals surface area contributed by atoms with Crippen LogP contribution in [-0.4, -0.2) is 23.0 Å². The zero-order valence-corrected chi connectivity index (χ0v) is 9.40. The van der Waals surface area contributed by atoms with Gasteiger partial charge < -0.3 is 14.8 Å². The molecule has 5 nitrogen and oxygen atoms in total. The zero-order chi connectivity index (χ0) is 12.8. The number of furan rings is 1. The van der Waals surface area contributed by atoms with Crippen LogP contribution in [0.1, 0.15) is 40.7 Å². The van der Waals surface area contributed by atoms with Gasteiger partial charge in [-0.1, -0.05) is 19.3 Å². The lowest BCUT2D eigenvalue weighted by atomic mass is 10.2. The van der Waals surface area contributed by atoms with Crippen LogP contribution < -0.4 is 5.32 Å². The van der Waals surface area contributed by atoms with E-state index in [1.807, 2.05) is 6.92 Å². The van der Waals surface area contributed by atoms with Crippen LogP contribution in [0.5, 0.6) is 0 Å². The highest BCUT2D eigenvalue weighted by molar-refractivity contribution is 5.95. The summed E-state index contributed by atoms with van der Waals surface area (Å²) >= 11 is 0. The molecule has 0 fully saturated rings. The molecule has 17 heavy (non-hydrogen) atoms. The molecule has 1 aromatic heterocycles. The summed E-state index contributed by atoms with van der Waals surface area (Å²) in [6.45, 7) is 1.95. The molecular formula is C12H13NO4. The Morgan fingerprint density at radius 2 is 2.35 bits per heavy atom. The predicted octanol–water partition coefficient (Wildman–Crippen LogP) is 1.51. The summed E-state index contributed by atoms with van der Waals surface area (Å²) < 4.78 is 4.85. The largest absolute Gasteiger partial charge is 0.478 e. The van der Waals surface area contributed by atoms with E-state index in [0.717, 1.165) is 18.8 Å². The first-order chi connectivity index (χ1) is 8.08. The van der Waals surface area contributed by atoms with Gasteiger partial charge >= 0.3 is 5.97 Å². The number of carbonyl (C=O) groups is 2. The number of rotatable bonds is 5. The molecule has 1 unspecified atom stereocenters. The Labute approximate surface area is 98.8 Å². The van der Waals surface area contributed by atoms with Crippen molar-refractivity contribution in [2.24, 2.45) is 0 Å². The quantitative estimate of drug-likeness (QED) is 0.758. The number of carboxylic acids is 1. The van der Waals surface area contributed by atoms with Gasteiger partial charge in [-0.2, -0.15) is 0 Å². The minimum atomic E-state index is -1.14. The fourth-order valence-electron chi connectivity index (χ4n) is 1.28. The molecule has 0 aliphatic carbocycles. The summed E-state index contributed by atoms with van der Waals surface area (Å²) in [6.07, 6.45) is 7.77. The number of amides is 1. The number of hydrogen-bond acceptors (Lipinski definition) is 3. The number of hydrogen-bond donors (Lipinski definition) is 2. The van der Waals surface area contributed by atoms with Gasteiger partial charge in [0.05, 0.1) is 11.6 Å². The van der Waals surface area contributed by atoms with Crippen molar-refractivity contribution < 1.29 is 19.1 Å². The van der Waals surface area contributed by atoms with Crippen LogP contribution in [0.3, 0.4) is 0 Å². The second-order valence-electron chi connectivity index (χ2n) is 3.49. The zero-order valence-electron chi connectivity index (χ0n) is 9.40. The van der Waals surface area contributed by atoms with E-state index in [2.05, 4.69) is 11.2 Å². The third-order valence-electron chi connectivity index (χ3n) is 2.15. The molecule has 1 heterocycles. The van der Waals surface area contributed by atoms with Crippen molar-refractivity contribution in [2.45, 2.75) is 25.8 Å². The molecule has 1 amide bonds. The maximum atomic E-state index is 11.6. The van der Waals surface area contributed by atoms with E-state index >= 15 is 0 Å². The van der Waals surface area contributed by atoms with Gasteiger partial charge in [0.25, 0.3) is 5.91 Å². The fourth-order valence-corrected chi connectivity index (χ4v) is 1.28. The molecule has 0 aliphatic rings. The molecule has 0 bridgehead atoms. The highest BCUT2D eigenvalue weighted by Gasteiger charge is 2.16. The summed E-state index contributed by atoms with van der Waals surface area (Å²) in [5.41, 5.74) is -0.0668. The fraction of sp³-hybridized carbons (Fsp3) is 0.333. The van der Waals surface area contributed by atoms with Gasteiger partial charge in [-0.05, 0) is 6.42 Å². The molecule has 1 aromatic rings. The minimum Gasteiger partial charge on any atom is -0.478 e. The third kappa shape index (κ3) is 3.38. The Hall–Kier alpha value is -2.22. The Balaban J connectivity index is 2.69. The lowest BCUT2D eigenvalue weighted by Gasteiger charge is -2.10. The predicted molar refractivity (Wildman–Crippen MR) is 60.7 cm³/mol. The topological polar surface area (TPSA) is 79.5 Å². The molecule has 0 saturated heterocycles. The molecule has 90 valence electrons. The Bertz CT molecular complexity index is 455. The molecule has 0 radical (unpaired) electrons. The van der Waals surface area contributed by atoms with Crippen LogP contribution in [0.15, 0.2) is 16.7 Å². The van der Waals surface area contributed by atoms with Crippen molar-refractivity contribution in [3.63, 3.8) is 0 Å². The van der Waals surface area contributed by atoms with E-state index in [1.165, 1.54) is 0 Å². The van der Waals surface area contributed by atoms with Crippen LogP contribution in [-0.2, 0) is 0 Å². The molecule has 5 heteroatoms. The van der Waals surface area contributed by atoms with Gasteiger partial charge in [-0.3, -0.25) is 4.79 Å². The number of nitrogens with one attached hydrogen (secondary N) is 1. The van der Waals surface area contributed by atoms with Gasteiger partial charge in [0, 0.05) is 6.07 Å². The normalized spacial score (nSPS) is 11.5. The van der Waals surface area contributed by atoms with Crippen molar-refractivity contribution >= 4 is 11.9 Å². The Morgan fingerprint density at radius 3 is 2.82 bits per heavy atom. The van der Waals surface area contributed by atoms with Crippen LogP contribution in [0.4, 0.5) is 0 Å². The molecule has 1 rings (SSSR count). The van der Waals surface area contributed by atoms with E-state index in [-0.39, 0.29) is 17.4 Å². The van der Waals surface area contributed by atoms with Gasteiger partial charge in [0.15, 0.2) is 5.76 Å². The van der Waals surface area contributed by atoms with Crippen molar-refractivity contribution in [2.75, 3.05) is 0 Å². The first kappa shape index (κ1) is 12.8. The summed E-state index contributed by atoms with van der Waals surface area (Å²) in [4.78, 5) is 22.2. The Morgan fingerprint density at radius 1 is 1.65 bits per heavy atom. The first-order valence-corrected chi connectivity index (χ1v) is 5.17. The lowest BCUT2D eigenvalue weighted by Crippen LogP contribution is -2.33. The SMILES string of the molecule is C#CC(CCC)NC(=O)c1cc(C(=O)O)co1. The molecule has 2 N–H and O–H groups in total. The first-order valence-electron chi connectivity index (χ1n) is 5.17. The van der Waals surface area contributed by atoms with Crippen LogP contribution in [0.2, 0.25) is 0 Å². The summed E-state index contributed by atoms with van der Waals surface area (Å²) in [6, 6.07) is 0.794. The molecule has 0 aromatic carbocycles. The summed E-state index contributed by atoms with van der Waals surface area (Å²) in [5.74, 6) is 0.737.